The average molecular weight is 422 g/mol. The molecule has 1 amide bonds. The van der Waals surface area contributed by atoms with Gasteiger partial charge in [0.2, 0.25) is 0 Å². The summed E-state index contributed by atoms with van der Waals surface area (Å²) in [6.45, 7) is 3.73. The van der Waals surface area contributed by atoms with Crippen LogP contribution in [0.1, 0.15) is 48.5 Å². The average Bonchev–Trinajstić information content (AvgIpc) is 3.23. The SMILES string of the molecule is CC1(CO)Cc2cc(NC(=O)c3cnn4cccnc34)c(N3CCCCCC3)cc2O1. The lowest BCUT2D eigenvalue weighted by atomic mass is 9.99. The van der Waals surface area contributed by atoms with E-state index >= 15 is 0 Å². The highest BCUT2D eigenvalue weighted by molar-refractivity contribution is 6.09. The number of nitrogens with one attached hydrogen (secondary N) is 1. The molecule has 0 saturated carbocycles. The molecule has 2 aliphatic rings. The minimum Gasteiger partial charge on any atom is -0.484 e. The molecule has 0 radical (unpaired) electrons. The van der Waals surface area contributed by atoms with Gasteiger partial charge in [0.15, 0.2) is 5.65 Å². The zero-order valence-electron chi connectivity index (χ0n) is 17.7. The van der Waals surface area contributed by atoms with Crippen LogP contribution >= 0.6 is 0 Å². The van der Waals surface area contributed by atoms with Crippen molar-refractivity contribution in [3.05, 3.63) is 47.9 Å². The van der Waals surface area contributed by atoms with Gasteiger partial charge >= 0.3 is 0 Å². The molecule has 1 atom stereocenters. The van der Waals surface area contributed by atoms with Gasteiger partial charge in [-0.3, -0.25) is 4.79 Å². The van der Waals surface area contributed by atoms with Crippen LogP contribution in [-0.4, -0.2) is 50.9 Å². The van der Waals surface area contributed by atoms with Crippen molar-refractivity contribution in [2.75, 3.05) is 29.9 Å². The number of hydrogen-bond donors (Lipinski definition) is 2. The van der Waals surface area contributed by atoms with Crippen LogP contribution in [0.15, 0.2) is 36.8 Å². The third-order valence-electron chi connectivity index (χ3n) is 6.15. The minimum atomic E-state index is -0.632. The Bertz CT molecular complexity index is 1120. The first-order valence-electron chi connectivity index (χ1n) is 10.9. The second-order valence-corrected chi connectivity index (χ2v) is 8.67. The lowest BCUT2D eigenvalue weighted by Gasteiger charge is -2.26. The number of fused-ring (bicyclic) bond motifs is 2. The molecule has 5 rings (SSSR count). The van der Waals surface area contributed by atoms with E-state index in [0.29, 0.717) is 17.6 Å². The van der Waals surface area contributed by atoms with Gasteiger partial charge in [0.05, 0.1) is 24.2 Å². The number of anilines is 2. The number of carbonyl (C=O) groups excluding carboxylic acids is 1. The fourth-order valence-corrected chi connectivity index (χ4v) is 4.49. The number of amides is 1. The van der Waals surface area contributed by atoms with Gasteiger partial charge in [-0.1, -0.05) is 12.8 Å². The quantitative estimate of drug-likeness (QED) is 0.673. The van der Waals surface area contributed by atoms with E-state index in [1.807, 2.05) is 19.1 Å². The van der Waals surface area contributed by atoms with Gasteiger partial charge in [0, 0.05) is 43.5 Å². The van der Waals surface area contributed by atoms with E-state index in [4.69, 9.17) is 4.74 Å². The lowest BCUT2D eigenvalue weighted by Crippen LogP contribution is -2.34. The van der Waals surface area contributed by atoms with Gasteiger partial charge in [-0.25, -0.2) is 9.50 Å². The van der Waals surface area contributed by atoms with Crippen molar-refractivity contribution in [1.29, 1.82) is 0 Å². The zero-order chi connectivity index (χ0) is 21.4. The van der Waals surface area contributed by atoms with Crippen molar-refractivity contribution in [2.45, 2.75) is 44.6 Å². The van der Waals surface area contributed by atoms with Crippen LogP contribution in [-0.2, 0) is 6.42 Å². The fraction of sp³-hybridized carbons (Fsp3) is 0.435. The molecule has 0 aliphatic carbocycles. The van der Waals surface area contributed by atoms with Crippen LogP contribution in [0.2, 0.25) is 0 Å². The Labute approximate surface area is 180 Å². The van der Waals surface area contributed by atoms with Crippen molar-refractivity contribution in [3.8, 4) is 5.75 Å². The van der Waals surface area contributed by atoms with Gasteiger partial charge in [-0.2, -0.15) is 5.10 Å². The van der Waals surface area contributed by atoms with E-state index in [9.17, 15) is 9.90 Å². The van der Waals surface area contributed by atoms with Crippen molar-refractivity contribution in [1.82, 2.24) is 14.6 Å². The molecule has 1 unspecified atom stereocenters. The van der Waals surface area contributed by atoms with Gasteiger partial charge < -0.3 is 20.1 Å². The standard InChI is InChI=1S/C23H27N5O3/c1-23(15-29)13-16-11-18(19(12-20(16)31-23)27-8-4-2-3-5-9-27)26-22(30)17-14-25-28-10-6-7-24-21(17)28/h6-7,10-12,14,29H,2-5,8-9,13,15H2,1H3,(H,26,30). The van der Waals surface area contributed by atoms with E-state index in [1.54, 1.807) is 29.2 Å². The molecule has 162 valence electrons. The number of aliphatic hydroxyl groups is 1. The smallest absolute Gasteiger partial charge is 0.261 e. The Morgan fingerprint density at radius 2 is 2.06 bits per heavy atom. The van der Waals surface area contributed by atoms with E-state index in [1.165, 1.54) is 12.8 Å². The molecule has 0 bridgehead atoms. The number of carbonyl (C=O) groups is 1. The summed E-state index contributed by atoms with van der Waals surface area (Å²) >= 11 is 0. The Morgan fingerprint density at radius 3 is 2.84 bits per heavy atom. The highest BCUT2D eigenvalue weighted by Crippen LogP contribution is 2.42. The van der Waals surface area contributed by atoms with Crippen molar-refractivity contribution in [3.63, 3.8) is 0 Å². The van der Waals surface area contributed by atoms with E-state index in [-0.39, 0.29) is 12.5 Å². The van der Waals surface area contributed by atoms with Crippen LogP contribution in [0.4, 0.5) is 11.4 Å². The summed E-state index contributed by atoms with van der Waals surface area (Å²) in [7, 11) is 0. The maximum atomic E-state index is 13.2. The molecule has 0 spiro atoms. The van der Waals surface area contributed by atoms with Crippen LogP contribution in [0, 0.1) is 0 Å². The maximum Gasteiger partial charge on any atom is 0.261 e. The molecule has 8 nitrogen and oxygen atoms in total. The number of hydrogen-bond acceptors (Lipinski definition) is 6. The molecular weight excluding hydrogens is 394 g/mol. The first kappa shape index (κ1) is 19.8. The summed E-state index contributed by atoms with van der Waals surface area (Å²) in [5.41, 5.74) is 3.02. The molecule has 1 fully saturated rings. The highest BCUT2D eigenvalue weighted by Gasteiger charge is 2.35. The highest BCUT2D eigenvalue weighted by atomic mass is 16.5. The van der Waals surface area contributed by atoms with Crippen LogP contribution in [0.5, 0.6) is 5.75 Å². The summed E-state index contributed by atoms with van der Waals surface area (Å²) in [4.78, 5) is 19.8. The van der Waals surface area contributed by atoms with Gasteiger partial charge in [0.1, 0.15) is 16.9 Å². The molecule has 1 saturated heterocycles. The second kappa shape index (κ2) is 7.85. The molecular formula is C23H27N5O3. The second-order valence-electron chi connectivity index (χ2n) is 8.67. The Hall–Kier alpha value is -3.13. The maximum absolute atomic E-state index is 13.2. The zero-order valence-corrected chi connectivity index (χ0v) is 17.7. The summed E-state index contributed by atoms with van der Waals surface area (Å²) in [6.07, 6.45) is 10.2. The summed E-state index contributed by atoms with van der Waals surface area (Å²) < 4.78 is 7.67. The van der Waals surface area contributed by atoms with Gasteiger partial charge in [-0.05, 0) is 31.9 Å². The fourth-order valence-electron chi connectivity index (χ4n) is 4.49. The number of benzene rings is 1. The predicted octanol–water partition coefficient (Wildman–Crippen LogP) is 3.05. The Kier molecular flexibility index (Phi) is 5.02. The Balaban J connectivity index is 1.52. The van der Waals surface area contributed by atoms with Crippen molar-refractivity contribution in [2.24, 2.45) is 0 Å². The topological polar surface area (TPSA) is 92.0 Å². The summed E-state index contributed by atoms with van der Waals surface area (Å²) in [5, 5.41) is 17.1. The minimum absolute atomic E-state index is 0.0590. The van der Waals surface area contributed by atoms with Gasteiger partial charge in [-0.15, -0.1) is 0 Å². The normalized spacial score (nSPS) is 20.9. The largest absolute Gasteiger partial charge is 0.484 e. The van der Waals surface area contributed by atoms with E-state index < -0.39 is 5.60 Å². The van der Waals surface area contributed by atoms with Crippen molar-refractivity contribution >= 4 is 22.9 Å². The first-order chi connectivity index (χ1) is 15.1. The third kappa shape index (κ3) is 3.72. The molecule has 2 aromatic heterocycles. The number of aromatic nitrogens is 3. The number of ether oxygens (including phenoxy) is 1. The summed E-state index contributed by atoms with van der Waals surface area (Å²) in [6, 6.07) is 5.79. The van der Waals surface area contributed by atoms with E-state index in [2.05, 4.69) is 20.3 Å². The molecule has 2 N–H and O–H groups in total. The van der Waals surface area contributed by atoms with Gasteiger partial charge in [0.25, 0.3) is 5.91 Å². The lowest BCUT2D eigenvalue weighted by molar-refractivity contribution is 0.0447. The third-order valence-corrected chi connectivity index (χ3v) is 6.15. The molecule has 3 aromatic rings. The monoisotopic (exact) mass is 421 g/mol. The Morgan fingerprint density at radius 1 is 1.26 bits per heavy atom. The first-order valence-corrected chi connectivity index (χ1v) is 10.9. The molecule has 1 aromatic carbocycles. The van der Waals surface area contributed by atoms with Crippen molar-refractivity contribution < 1.29 is 14.6 Å². The molecule has 31 heavy (non-hydrogen) atoms. The van der Waals surface area contributed by atoms with Crippen LogP contribution in [0.3, 0.4) is 0 Å². The molecule has 2 aliphatic heterocycles. The van der Waals surface area contributed by atoms with Crippen LogP contribution in [0.25, 0.3) is 5.65 Å². The number of nitrogens with zero attached hydrogens (tertiary/aromatic N) is 4. The van der Waals surface area contributed by atoms with E-state index in [0.717, 1.165) is 48.6 Å². The molecule has 4 heterocycles. The van der Waals surface area contributed by atoms with Crippen LogP contribution < -0.4 is 15.0 Å². The number of rotatable bonds is 4. The summed E-state index contributed by atoms with van der Waals surface area (Å²) in [5.74, 6) is 0.542. The number of aliphatic hydroxyl groups excluding tert-OH is 1. The predicted molar refractivity (Wildman–Crippen MR) is 118 cm³/mol. The molecule has 8 heteroatoms.